The van der Waals surface area contributed by atoms with E-state index in [9.17, 15) is 0 Å². The summed E-state index contributed by atoms with van der Waals surface area (Å²) in [5, 5.41) is 2.66. The van der Waals surface area contributed by atoms with Crippen LogP contribution in [0.1, 0.15) is 0 Å². The first-order chi connectivity index (χ1) is 6.68. The maximum absolute atomic E-state index is 5.88. The maximum Gasteiger partial charge on any atom is 0.116 e. The van der Waals surface area contributed by atoms with Gasteiger partial charge >= 0.3 is 0 Å². The van der Waals surface area contributed by atoms with Crippen molar-refractivity contribution in [2.45, 2.75) is 0 Å². The van der Waals surface area contributed by atoms with E-state index in [4.69, 9.17) is 28.9 Å². The van der Waals surface area contributed by atoms with Gasteiger partial charge < -0.3 is 5.73 Å². The van der Waals surface area contributed by atoms with E-state index >= 15 is 0 Å². The topological polar surface area (TPSA) is 26.0 Å². The largest absolute Gasteiger partial charge is 0.396 e. The Morgan fingerprint density at radius 2 is 1.71 bits per heavy atom. The SMILES string of the molecule is Nc1c(-c2ccc(Cl)cc2)csc1Cl. The van der Waals surface area contributed by atoms with Crippen LogP contribution in [0.3, 0.4) is 0 Å². The molecular formula is C10H7Cl2NS. The molecule has 0 radical (unpaired) electrons. The van der Waals surface area contributed by atoms with Crippen LogP contribution in [0.15, 0.2) is 29.6 Å². The first-order valence-corrected chi connectivity index (χ1v) is 5.60. The quantitative estimate of drug-likeness (QED) is 0.794. The van der Waals surface area contributed by atoms with E-state index in [1.807, 2.05) is 29.6 Å². The third kappa shape index (κ3) is 1.73. The molecule has 1 aromatic heterocycles. The molecule has 72 valence electrons. The molecular weight excluding hydrogens is 237 g/mol. The summed E-state index contributed by atoms with van der Waals surface area (Å²) in [4.78, 5) is 0. The minimum absolute atomic E-state index is 0.634. The molecule has 4 heteroatoms. The average Bonchev–Trinajstić information content (AvgIpc) is 2.50. The Balaban J connectivity index is 2.49. The van der Waals surface area contributed by atoms with E-state index < -0.39 is 0 Å². The van der Waals surface area contributed by atoms with Gasteiger partial charge in [0.25, 0.3) is 0 Å². The molecule has 0 saturated heterocycles. The molecule has 2 rings (SSSR count). The molecule has 1 heterocycles. The number of hydrogen-bond donors (Lipinski definition) is 1. The van der Waals surface area contributed by atoms with E-state index in [2.05, 4.69) is 0 Å². The van der Waals surface area contributed by atoms with Crippen LogP contribution in [0.2, 0.25) is 9.36 Å². The molecule has 0 fully saturated rings. The second-order valence-electron chi connectivity index (χ2n) is 2.84. The zero-order valence-corrected chi connectivity index (χ0v) is 9.46. The van der Waals surface area contributed by atoms with Gasteiger partial charge in [-0.15, -0.1) is 11.3 Å². The fourth-order valence-electron chi connectivity index (χ4n) is 1.20. The van der Waals surface area contributed by atoms with Gasteiger partial charge in [-0.25, -0.2) is 0 Å². The van der Waals surface area contributed by atoms with Crippen LogP contribution in [0.4, 0.5) is 5.69 Å². The van der Waals surface area contributed by atoms with E-state index in [-0.39, 0.29) is 0 Å². The molecule has 0 spiro atoms. The number of nitrogen functional groups attached to an aromatic ring is 1. The molecule has 0 bridgehead atoms. The molecule has 0 amide bonds. The first-order valence-electron chi connectivity index (χ1n) is 3.97. The van der Waals surface area contributed by atoms with Gasteiger partial charge in [-0.2, -0.15) is 0 Å². The minimum Gasteiger partial charge on any atom is -0.396 e. The Bertz CT molecular complexity index is 448. The Morgan fingerprint density at radius 3 is 2.21 bits per heavy atom. The fraction of sp³-hybridized carbons (Fsp3) is 0. The molecule has 0 atom stereocenters. The van der Waals surface area contributed by atoms with Crippen LogP contribution in [-0.2, 0) is 0 Å². The molecule has 1 nitrogen and oxygen atoms in total. The molecule has 0 aliphatic carbocycles. The van der Waals surface area contributed by atoms with Crippen molar-refractivity contribution in [3.63, 3.8) is 0 Å². The van der Waals surface area contributed by atoms with Gasteiger partial charge in [0, 0.05) is 16.0 Å². The molecule has 2 aromatic rings. The molecule has 1 aromatic carbocycles. The summed E-state index contributed by atoms with van der Waals surface area (Å²) in [6.45, 7) is 0. The summed E-state index contributed by atoms with van der Waals surface area (Å²) < 4.78 is 0.634. The number of anilines is 1. The number of rotatable bonds is 1. The van der Waals surface area contributed by atoms with Crippen molar-refractivity contribution in [3.8, 4) is 11.1 Å². The monoisotopic (exact) mass is 243 g/mol. The van der Waals surface area contributed by atoms with Gasteiger partial charge in [-0.1, -0.05) is 35.3 Å². The minimum atomic E-state index is 0.634. The average molecular weight is 244 g/mol. The van der Waals surface area contributed by atoms with E-state index in [1.54, 1.807) is 0 Å². The number of benzene rings is 1. The Kier molecular flexibility index (Phi) is 2.68. The van der Waals surface area contributed by atoms with Crippen molar-refractivity contribution in [1.29, 1.82) is 0 Å². The standard InChI is InChI=1S/C10H7Cl2NS/c11-7-3-1-6(2-4-7)8-5-14-10(12)9(8)13/h1-5H,13H2. The van der Waals surface area contributed by atoms with Crippen LogP contribution in [0.5, 0.6) is 0 Å². The Morgan fingerprint density at radius 1 is 1.07 bits per heavy atom. The number of nitrogens with two attached hydrogens (primary N) is 1. The van der Waals surface area contributed by atoms with E-state index in [0.717, 1.165) is 11.1 Å². The number of thiophene rings is 1. The zero-order chi connectivity index (χ0) is 10.1. The number of halogens is 2. The Labute approximate surface area is 96.1 Å². The van der Waals surface area contributed by atoms with Crippen molar-refractivity contribution in [2.75, 3.05) is 5.73 Å². The second kappa shape index (κ2) is 3.81. The molecule has 0 aliphatic heterocycles. The van der Waals surface area contributed by atoms with Gasteiger partial charge in [0.05, 0.1) is 5.69 Å². The molecule has 0 saturated carbocycles. The first kappa shape index (κ1) is 9.84. The maximum atomic E-state index is 5.88. The zero-order valence-electron chi connectivity index (χ0n) is 7.13. The third-order valence-corrected chi connectivity index (χ3v) is 3.44. The molecule has 14 heavy (non-hydrogen) atoms. The van der Waals surface area contributed by atoms with Crippen molar-refractivity contribution < 1.29 is 0 Å². The highest BCUT2D eigenvalue weighted by molar-refractivity contribution is 7.15. The van der Waals surface area contributed by atoms with Crippen LogP contribution in [0.25, 0.3) is 11.1 Å². The summed E-state index contributed by atoms with van der Waals surface area (Å²) in [6.07, 6.45) is 0. The van der Waals surface area contributed by atoms with Crippen molar-refractivity contribution in [3.05, 3.63) is 39.0 Å². The van der Waals surface area contributed by atoms with Gasteiger partial charge in [-0.05, 0) is 17.7 Å². The highest BCUT2D eigenvalue weighted by atomic mass is 35.5. The van der Waals surface area contributed by atoms with Gasteiger partial charge in [0.2, 0.25) is 0 Å². The van der Waals surface area contributed by atoms with Crippen LogP contribution < -0.4 is 5.73 Å². The molecule has 0 unspecified atom stereocenters. The van der Waals surface area contributed by atoms with Crippen molar-refractivity contribution >= 4 is 40.2 Å². The predicted octanol–water partition coefficient (Wildman–Crippen LogP) is 4.30. The lowest BCUT2D eigenvalue weighted by Crippen LogP contribution is -1.85. The number of hydrogen-bond acceptors (Lipinski definition) is 2. The lowest BCUT2D eigenvalue weighted by Gasteiger charge is -2.00. The van der Waals surface area contributed by atoms with Crippen molar-refractivity contribution in [2.24, 2.45) is 0 Å². The normalized spacial score (nSPS) is 10.4. The van der Waals surface area contributed by atoms with E-state index in [0.29, 0.717) is 15.0 Å². The van der Waals surface area contributed by atoms with Gasteiger partial charge in [-0.3, -0.25) is 0 Å². The summed E-state index contributed by atoms with van der Waals surface area (Å²) in [5.74, 6) is 0. The third-order valence-electron chi connectivity index (χ3n) is 1.94. The summed E-state index contributed by atoms with van der Waals surface area (Å²) in [5.41, 5.74) is 8.46. The molecule has 0 aliphatic rings. The predicted molar refractivity (Wildman–Crippen MR) is 64.2 cm³/mol. The highest BCUT2D eigenvalue weighted by Crippen LogP contribution is 2.37. The fourth-order valence-corrected chi connectivity index (χ4v) is 2.28. The Hall–Kier alpha value is -0.700. The summed E-state index contributed by atoms with van der Waals surface area (Å²) >= 11 is 13.1. The second-order valence-corrected chi connectivity index (χ2v) is 4.76. The van der Waals surface area contributed by atoms with E-state index in [1.165, 1.54) is 11.3 Å². The smallest absolute Gasteiger partial charge is 0.116 e. The summed E-state index contributed by atoms with van der Waals surface area (Å²) in [6, 6.07) is 7.53. The van der Waals surface area contributed by atoms with Gasteiger partial charge in [0.15, 0.2) is 0 Å². The van der Waals surface area contributed by atoms with Gasteiger partial charge in [0.1, 0.15) is 4.34 Å². The van der Waals surface area contributed by atoms with Crippen LogP contribution >= 0.6 is 34.5 Å². The lowest BCUT2D eigenvalue weighted by atomic mass is 10.1. The van der Waals surface area contributed by atoms with Crippen LogP contribution in [-0.4, -0.2) is 0 Å². The van der Waals surface area contributed by atoms with Crippen LogP contribution in [0, 0.1) is 0 Å². The summed E-state index contributed by atoms with van der Waals surface area (Å²) in [7, 11) is 0. The molecule has 2 N–H and O–H groups in total. The van der Waals surface area contributed by atoms with Crippen molar-refractivity contribution in [1.82, 2.24) is 0 Å². The highest BCUT2D eigenvalue weighted by Gasteiger charge is 2.07. The lowest BCUT2D eigenvalue weighted by molar-refractivity contribution is 1.67.